The molecule has 0 aliphatic heterocycles. The van der Waals surface area contributed by atoms with Crippen LogP contribution in [0.2, 0.25) is 0 Å². The van der Waals surface area contributed by atoms with Crippen LogP contribution in [0, 0.1) is 0 Å². The average molecular weight is 272 g/mol. The fraction of sp³-hybridized carbons (Fsp3) is 0.286. The van der Waals surface area contributed by atoms with Gasteiger partial charge in [0.2, 0.25) is 0 Å². The largest absolute Gasteiger partial charge is 0.399 e. The van der Waals surface area contributed by atoms with E-state index in [9.17, 15) is 0 Å². The summed E-state index contributed by atoms with van der Waals surface area (Å²) in [5.41, 5.74) is 9.79. The van der Waals surface area contributed by atoms with Gasteiger partial charge in [-0.2, -0.15) is 5.10 Å². The Morgan fingerprint density at radius 3 is 2.84 bits per heavy atom. The number of nitrogen functional groups attached to an aromatic ring is 1. The number of rotatable bonds is 3. The van der Waals surface area contributed by atoms with Gasteiger partial charge in [0.05, 0.1) is 21.6 Å². The number of nitrogens with two attached hydrogens (primary N) is 1. The Balaban J connectivity index is 2.15. The lowest BCUT2D eigenvalue weighted by atomic mass is 10.3. The number of nitrogens with zero attached hydrogens (tertiary/aromatic N) is 3. The average Bonchev–Trinajstić information content (AvgIpc) is 3.00. The van der Waals surface area contributed by atoms with Crippen molar-refractivity contribution in [3.8, 4) is 10.7 Å². The minimum atomic E-state index is 0.779. The molecule has 0 amide bonds. The quantitative estimate of drug-likeness (QED) is 0.744. The second-order valence-corrected chi connectivity index (χ2v) is 5.47. The van der Waals surface area contributed by atoms with Crippen molar-refractivity contribution in [1.29, 1.82) is 0 Å². The van der Waals surface area contributed by atoms with Gasteiger partial charge in [0.25, 0.3) is 0 Å². The first-order valence-electron chi connectivity index (χ1n) is 6.44. The predicted octanol–water partition coefficient (Wildman–Crippen LogP) is 3.32. The number of aryl methyl sites for hydroxylation is 2. The van der Waals surface area contributed by atoms with Crippen LogP contribution in [-0.2, 0) is 13.0 Å². The molecule has 0 saturated carbocycles. The van der Waals surface area contributed by atoms with Gasteiger partial charge in [-0.25, -0.2) is 4.98 Å². The van der Waals surface area contributed by atoms with Crippen LogP contribution in [-0.4, -0.2) is 14.8 Å². The smallest absolute Gasteiger partial charge is 0.142 e. The summed E-state index contributed by atoms with van der Waals surface area (Å²) in [6.45, 7) is 5.07. The number of fused-ring (bicyclic) bond motifs is 1. The molecule has 0 bridgehead atoms. The van der Waals surface area contributed by atoms with E-state index in [1.165, 1.54) is 0 Å². The zero-order valence-corrected chi connectivity index (χ0v) is 11.9. The standard InChI is InChI=1S/C14H16N4S/c1-3-10-8-12(18(4-2)17-10)14-16-11-6-5-9(15)7-13(11)19-14/h5-8H,3-4,15H2,1-2H3. The molecular weight excluding hydrogens is 256 g/mol. The molecular formula is C14H16N4S. The maximum absolute atomic E-state index is 5.81. The minimum absolute atomic E-state index is 0.779. The fourth-order valence-electron chi connectivity index (χ4n) is 2.11. The van der Waals surface area contributed by atoms with Gasteiger partial charge in [0.1, 0.15) is 5.01 Å². The molecule has 2 heterocycles. The number of anilines is 1. The zero-order valence-electron chi connectivity index (χ0n) is 11.1. The number of hydrogen-bond donors (Lipinski definition) is 1. The highest BCUT2D eigenvalue weighted by molar-refractivity contribution is 7.21. The first kappa shape index (κ1) is 12.2. The summed E-state index contributed by atoms with van der Waals surface area (Å²) in [5.74, 6) is 0. The normalized spacial score (nSPS) is 11.3. The van der Waals surface area contributed by atoms with E-state index in [0.717, 1.165) is 45.3 Å². The molecule has 19 heavy (non-hydrogen) atoms. The van der Waals surface area contributed by atoms with Crippen molar-refractivity contribution in [3.05, 3.63) is 30.0 Å². The summed E-state index contributed by atoms with van der Waals surface area (Å²) in [7, 11) is 0. The molecule has 5 heteroatoms. The number of hydrogen-bond acceptors (Lipinski definition) is 4. The van der Waals surface area contributed by atoms with Gasteiger partial charge < -0.3 is 5.73 Å². The number of aromatic nitrogens is 3. The highest BCUT2D eigenvalue weighted by Gasteiger charge is 2.12. The van der Waals surface area contributed by atoms with Gasteiger partial charge >= 0.3 is 0 Å². The van der Waals surface area contributed by atoms with Crippen LogP contribution in [0.15, 0.2) is 24.3 Å². The molecule has 4 nitrogen and oxygen atoms in total. The Morgan fingerprint density at radius 1 is 1.26 bits per heavy atom. The molecule has 0 aliphatic carbocycles. The highest BCUT2D eigenvalue weighted by atomic mass is 32.1. The summed E-state index contributed by atoms with van der Waals surface area (Å²) in [5, 5.41) is 5.58. The maximum atomic E-state index is 5.81. The van der Waals surface area contributed by atoms with Gasteiger partial charge in [0, 0.05) is 12.2 Å². The summed E-state index contributed by atoms with van der Waals surface area (Å²) in [6.07, 6.45) is 0.942. The lowest BCUT2D eigenvalue weighted by Gasteiger charge is -1.99. The molecule has 1 aromatic carbocycles. The topological polar surface area (TPSA) is 56.7 Å². The van der Waals surface area contributed by atoms with Crippen LogP contribution in [0.3, 0.4) is 0 Å². The van der Waals surface area contributed by atoms with Crippen LogP contribution >= 0.6 is 11.3 Å². The van der Waals surface area contributed by atoms with Crippen molar-refractivity contribution >= 4 is 27.2 Å². The van der Waals surface area contributed by atoms with Crippen molar-refractivity contribution in [1.82, 2.24) is 14.8 Å². The van der Waals surface area contributed by atoms with Crippen LogP contribution in [0.5, 0.6) is 0 Å². The Morgan fingerprint density at radius 2 is 2.11 bits per heavy atom. The molecule has 2 aromatic heterocycles. The van der Waals surface area contributed by atoms with Crippen LogP contribution < -0.4 is 5.73 Å². The zero-order chi connectivity index (χ0) is 13.4. The first-order chi connectivity index (χ1) is 9.21. The van der Waals surface area contributed by atoms with E-state index < -0.39 is 0 Å². The van der Waals surface area contributed by atoms with Crippen molar-refractivity contribution in [3.63, 3.8) is 0 Å². The Kier molecular flexibility index (Phi) is 2.98. The van der Waals surface area contributed by atoms with Crippen molar-refractivity contribution < 1.29 is 0 Å². The Labute approximate surface area is 115 Å². The molecule has 0 spiro atoms. The van der Waals surface area contributed by atoms with Crippen LogP contribution in [0.1, 0.15) is 19.5 Å². The van der Waals surface area contributed by atoms with Crippen LogP contribution in [0.4, 0.5) is 5.69 Å². The van der Waals surface area contributed by atoms with Gasteiger partial charge in [-0.3, -0.25) is 4.68 Å². The molecule has 2 N–H and O–H groups in total. The van der Waals surface area contributed by atoms with E-state index in [0.29, 0.717) is 0 Å². The lowest BCUT2D eigenvalue weighted by molar-refractivity contribution is 0.655. The fourth-order valence-corrected chi connectivity index (χ4v) is 3.14. The molecule has 0 fully saturated rings. The van der Waals surface area contributed by atoms with E-state index >= 15 is 0 Å². The predicted molar refractivity (Wildman–Crippen MR) is 80.3 cm³/mol. The SMILES string of the molecule is CCc1cc(-c2nc3ccc(N)cc3s2)n(CC)n1. The van der Waals surface area contributed by atoms with E-state index in [1.807, 2.05) is 22.9 Å². The second-order valence-electron chi connectivity index (χ2n) is 4.44. The van der Waals surface area contributed by atoms with Crippen molar-refractivity contribution in [2.45, 2.75) is 26.8 Å². The third-order valence-electron chi connectivity index (χ3n) is 3.12. The van der Waals surface area contributed by atoms with Gasteiger partial charge in [0.15, 0.2) is 0 Å². The molecule has 0 unspecified atom stereocenters. The van der Waals surface area contributed by atoms with E-state index in [-0.39, 0.29) is 0 Å². The summed E-state index contributed by atoms with van der Waals surface area (Å²) in [6, 6.07) is 7.97. The first-order valence-corrected chi connectivity index (χ1v) is 7.26. The van der Waals surface area contributed by atoms with Gasteiger partial charge in [-0.1, -0.05) is 6.92 Å². The molecule has 0 atom stereocenters. The summed E-state index contributed by atoms with van der Waals surface area (Å²) >= 11 is 1.67. The van der Waals surface area contributed by atoms with Gasteiger partial charge in [-0.15, -0.1) is 11.3 Å². The lowest BCUT2D eigenvalue weighted by Crippen LogP contribution is -1.99. The molecule has 98 valence electrons. The van der Waals surface area contributed by atoms with E-state index in [1.54, 1.807) is 11.3 Å². The maximum Gasteiger partial charge on any atom is 0.142 e. The second kappa shape index (κ2) is 4.66. The third-order valence-corrected chi connectivity index (χ3v) is 4.16. The monoisotopic (exact) mass is 272 g/mol. The molecule has 3 rings (SSSR count). The van der Waals surface area contributed by atoms with Crippen molar-refractivity contribution in [2.24, 2.45) is 0 Å². The van der Waals surface area contributed by atoms with E-state index in [2.05, 4.69) is 30.0 Å². The Hall–Kier alpha value is -1.88. The Bertz CT molecular complexity index is 726. The highest BCUT2D eigenvalue weighted by Crippen LogP contribution is 2.31. The molecule has 0 aliphatic rings. The molecule has 3 aromatic rings. The van der Waals surface area contributed by atoms with Crippen molar-refractivity contribution in [2.75, 3.05) is 5.73 Å². The number of thiazole rings is 1. The summed E-state index contributed by atoms with van der Waals surface area (Å²) < 4.78 is 3.14. The number of benzene rings is 1. The summed E-state index contributed by atoms with van der Waals surface area (Å²) in [4.78, 5) is 4.68. The minimum Gasteiger partial charge on any atom is -0.399 e. The molecule has 0 radical (unpaired) electrons. The van der Waals surface area contributed by atoms with Crippen LogP contribution in [0.25, 0.3) is 20.9 Å². The molecule has 0 saturated heterocycles. The van der Waals surface area contributed by atoms with Gasteiger partial charge in [-0.05, 0) is 37.6 Å². The van der Waals surface area contributed by atoms with E-state index in [4.69, 9.17) is 5.73 Å². The third kappa shape index (κ3) is 2.10.